The Balaban J connectivity index is 1.33. The first kappa shape index (κ1) is 22.5. The SMILES string of the molecule is O=C(CSc1nc2scc(-c3ccc4c(c3)CCCC4)c2c(=O)[nH]1)Nc1ccc(Cl)c(Cl)c1. The van der Waals surface area contributed by atoms with Crippen molar-refractivity contribution in [1.82, 2.24) is 9.97 Å². The van der Waals surface area contributed by atoms with Gasteiger partial charge in [-0.3, -0.25) is 9.59 Å². The predicted octanol–water partition coefficient (Wildman–Crippen LogP) is 6.57. The number of aryl methyl sites for hydroxylation is 2. The highest BCUT2D eigenvalue weighted by Crippen LogP contribution is 2.34. The Labute approximate surface area is 208 Å². The molecule has 0 fully saturated rings. The van der Waals surface area contributed by atoms with Crippen molar-refractivity contribution in [3.05, 3.63) is 73.3 Å². The number of thioether (sulfide) groups is 1. The Bertz CT molecular complexity index is 1430. The number of hydrogen-bond donors (Lipinski definition) is 2. The summed E-state index contributed by atoms with van der Waals surface area (Å²) >= 11 is 14.5. The van der Waals surface area contributed by atoms with Crippen LogP contribution in [0.1, 0.15) is 24.0 Å². The first-order chi connectivity index (χ1) is 16.0. The first-order valence-electron chi connectivity index (χ1n) is 10.5. The summed E-state index contributed by atoms with van der Waals surface area (Å²) in [7, 11) is 0. The maximum Gasteiger partial charge on any atom is 0.260 e. The second-order valence-corrected chi connectivity index (χ2v) is 10.5. The van der Waals surface area contributed by atoms with Crippen molar-refractivity contribution >= 4 is 68.1 Å². The summed E-state index contributed by atoms with van der Waals surface area (Å²) in [5.74, 6) is -0.139. The van der Waals surface area contributed by atoms with Gasteiger partial charge in [0.15, 0.2) is 5.16 Å². The Morgan fingerprint density at radius 2 is 1.91 bits per heavy atom. The molecule has 0 aliphatic heterocycles. The van der Waals surface area contributed by atoms with Gasteiger partial charge in [-0.05, 0) is 60.6 Å². The number of carbonyl (C=O) groups excluding carboxylic acids is 1. The van der Waals surface area contributed by atoms with E-state index in [9.17, 15) is 9.59 Å². The number of rotatable bonds is 5. The molecular weight excluding hydrogens is 497 g/mol. The monoisotopic (exact) mass is 515 g/mol. The molecule has 168 valence electrons. The third kappa shape index (κ3) is 4.82. The molecular formula is C24H19Cl2N3O2S2. The fraction of sp³-hybridized carbons (Fsp3) is 0.208. The predicted molar refractivity (Wildman–Crippen MR) is 138 cm³/mol. The summed E-state index contributed by atoms with van der Waals surface area (Å²) in [5, 5.41) is 6.55. The third-order valence-corrected chi connectivity index (χ3v) is 8.11. The number of H-pyrrole nitrogens is 1. The van der Waals surface area contributed by atoms with Gasteiger partial charge in [-0.15, -0.1) is 11.3 Å². The molecule has 1 amide bonds. The van der Waals surface area contributed by atoms with Crippen LogP contribution in [0, 0.1) is 0 Å². The molecule has 2 N–H and O–H groups in total. The van der Waals surface area contributed by atoms with Crippen LogP contribution in [-0.4, -0.2) is 21.6 Å². The van der Waals surface area contributed by atoms with E-state index in [1.54, 1.807) is 18.2 Å². The van der Waals surface area contributed by atoms with Gasteiger partial charge in [-0.25, -0.2) is 4.98 Å². The number of benzene rings is 2. The molecule has 2 heterocycles. The molecule has 0 atom stereocenters. The highest BCUT2D eigenvalue weighted by molar-refractivity contribution is 7.99. The summed E-state index contributed by atoms with van der Waals surface area (Å²) in [5.41, 5.74) is 5.11. The molecule has 1 aliphatic carbocycles. The molecule has 5 rings (SSSR count). The van der Waals surface area contributed by atoms with Crippen LogP contribution >= 0.6 is 46.3 Å². The molecule has 5 nitrogen and oxygen atoms in total. The van der Waals surface area contributed by atoms with Gasteiger partial charge in [0.1, 0.15) is 4.83 Å². The van der Waals surface area contributed by atoms with Gasteiger partial charge in [0, 0.05) is 16.6 Å². The number of nitrogens with one attached hydrogen (secondary N) is 2. The highest BCUT2D eigenvalue weighted by atomic mass is 35.5. The van der Waals surface area contributed by atoms with Crippen molar-refractivity contribution in [1.29, 1.82) is 0 Å². The van der Waals surface area contributed by atoms with Gasteiger partial charge >= 0.3 is 0 Å². The van der Waals surface area contributed by atoms with Gasteiger partial charge in [-0.1, -0.05) is 53.2 Å². The van der Waals surface area contributed by atoms with E-state index in [0.29, 0.717) is 31.1 Å². The van der Waals surface area contributed by atoms with Crippen molar-refractivity contribution in [3.63, 3.8) is 0 Å². The molecule has 1 aliphatic rings. The van der Waals surface area contributed by atoms with Gasteiger partial charge < -0.3 is 10.3 Å². The van der Waals surface area contributed by atoms with Crippen LogP contribution in [-0.2, 0) is 17.6 Å². The normalized spacial score (nSPS) is 13.2. The van der Waals surface area contributed by atoms with Crippen LogP contribution in [0.15, 0.2) is 51.7 Å². The zero-order chi connectivity index (χ0) is 22.9. The molecule has 0 unspecified atom stereocenters. The van der Waals surface area contributed by atoms with Gasteiger partial charge in [0.2, 0.25) is 5.91 Å². The molecule has 2 aromatic carbocycles. The van der Waals surface area contributed by atoms with Crippen molar-refractivity contribution < 1.29 is 4.79 Å². The molecule has 0 radical (unpaired) electrons. The minimum atomic E-state index is -0.234. The van der Waals surface area contributed by atoms with Crippen LogP contribution in [0.2, 0.25) is 10.0 Å². The molecule has 4 aromatic rings. The number of nitrogens with zero attached hydrogens (tertiary/aromatic N) is 1. The Morgan fingerprint density at radius 3 is 2.73 bits per heavy atom. The number of amides is 1. The van der Waals surface area contributed by atoms with Crippen LogP contribution in [0.3, 0.4) is 0 Å². The lowest BCUT2D eigenvalue weighted by Gasteiger charge is -2.16. The van der Waals surface area contributed by atoms with Crippen molar-refractivity contribution in [2.75, 3.05) is 11.1 Å². The lowest BCUT2D eigenvalue weighted by Crippen LogP contribution is -2.15. The summed E-state index contributed by atoms with van der Waals surface area (Å²) in [6.45, 7) is 0. The molecule has 0 spiro atoms. The number of halogens is 2. The second-order valence-electron chi connectivity index (χ2n) is 7.86. The van der Waals surface area contributed by atoms with Crippen LogP contribution in [0.4, 0.5) is 5.69 Å². The van der Waals surface area contributed by atoms with E-state index in [2.05, 4.69) is 33.5 Å². The quantitative estimate of drug-likeness (QED) is 0.233. The van der Waals surface area contributed by atoms with Crippen LogP contribution < -0.4 is 10.9 Å². The number of aromatic amines is 1. The highest BCUT2D eigenvalue weighted by Gasteiger charge is 2.16. The average Bonchev–Trinajstić information content (AvgIpc) is 3.24. The van der Waals surface area contributed by atoms with Gasteiger partial charge in [0.25, 0.3) is 5.56 Å². The zero-order valence-electron chi connectivity index (χ0n) is 17.4. The standard InChI is InChI=1S/C24H19Cl2N3O2S2/c25-18-8-7-16(10-19(18)26)27-20(30)12-33-24-28-22(31)21-17(11-32-23(21)29-24)15-6-5-13-3-1-2-4-14(13)9-15/h5-11H,1-4,12H2,(H,27,30)(H,28,29,31). The molecule has 2 aromatic heterocycles. The minimum absolute atomic E-state index is 0.0950. The van der Waals surface area contributed by atoms with Crippen molar-refractivity contribution in [3.8, 4) is 11.1 Å². The van der Waals surface area contributed by atoms with E-state index in [4.69, 9.17) is 23.2 Å². The third-order valence-electron chi connectivity index (χ3n) is 5.63. The van der Waals surface area contributed by atoms with Crippen LogP contribution in [0.5, 0.6) is 0 Å². The Hall–Kier alpha value is -2.32. The summed E-state index contributed by atoms with van der Waals surface area (Å²) in [6, 6.07) is 11.4. The zero-order valence-corrected chi connectivity index (χ0v) is 20.6. The average molecular weight is 516 g/mol. The smallest absolute Gasteiger partial charge is 0.260 e. The molecule has 9 heteroatoms. The summed E-state index contributed by atoms with van der Waals surface area (Å²) in [6.07, 6.45) is 4.66. The topological polar surface area (TPSA) is 74.8 Å². The molecule has 0 bridgehead atoms. The number of anilines is 1. The van der Waals surface area contributed by atoms with Crippen molar-refractivity contribution in [2.24, 2.45) is 0 Å². The van der Waals surface area contributed by atoms with E-state index in [-0.39, 0.29) is 17.2 Å². The van der Waals surface area contributed by atoms with E-state index in [1.165, 1.54) is 47.1 Å². The second kappa shape index (κ2) is 9.50. The lowest BCUT2D eigenvalue weighted by atomic mass is 9.89. The molecule has 0 saturated heterocycles. The fourth-order valence-corrected chi connectivity index (χ4v) is 5.98. The Kier molecular flexibility index (Phi) is 6.47. The van der Waals surface area contributed by atoms with E-state index < -0.39 is 0 Å². The number of fused-ring (bicyclic) bond motifs is 2. The van der Waals surface area contributed by atoms with E-state index in [1.807, 2.05) is 5.38 Å². The maximum atomic E-state index is 12.9. The fourth-order valence-electron chi connectivity index (χ4n) is 4.02. The van der Waals surface area contributed by atoms with E-state index in [0.717, 1.165) is 24.0 Å². The lowest BCUT2D eigenvalue weighted by molar-refractivity contribution is -0.113. The van der Waals surface area contributed by atoms with Crippen molar-refractivity contribution in [2.45, 2.75) is 30.8 Å². The van der Waals surface area contributed by atoms with Gasteiger partial charge in [0.05, 0.1) is 21.2 Å². The number of carbonyl (C=O) groups is 1. The molecule has 33 heavy (non-hydrogen) atoms. The first-order valence-corrected chi connectivity index (χ1v) is 13.1. The largest absolute Gasteiger partial charge is 0.325 e. The number of aromatic nitrogens is 2. The number of hydrogen-bond acceptors (Lipinski definition) is 5. The van der Waals surface area contributed by atoms with E-state index >= 15 is 0 Å². The Morgan fingerprint density at radius 1 is 1.09 bits per heavy atom. The van der Waals surface area contributed by atoms with Crippen LogP contribution in [0.25, 0.3) is 21.3 Å². The minimum Gasteiger partial charge on any atom is -0.325 e. The summed E-state index contributed by atoms with van der Waals surface area (Å²) < 4.78 is 0. The maximum absolute atomic E-state index is 12.9. The summed E-state index contributed by atoms with van der Waals surface area (Å²) in [4.78, 5) is 33.3. The number of thiophene rings is 1. The van der Waals surface area contributed by atoms with Gasteiger partial charge in [-0.2, -0.15) is 0 Å². The molecule has 0 saturated carbocycles.